The third kappa shape index (κ3) is 6.84. The molecule has 10 heteroatoms. The molecule has 1 heterocycles. The van der Waals surface area contributed by atoms with Crippen molar-refractivity contribution in [2.24, 2.45) is 0 Å². The van der Waals surface area contributed by atoms with Crippen LogP contribution in [-0.2, 0) is 15.1 Å². The van der Waals surface area contributed by atoms with E-state index < -0.39 is 17.5 Å². The second-order valence-corrected chi connectivity index (χ2v) is 4.81. The van der Waals surface area contributed by atoms with Crippen LogP contribution in [0.1, 0.15) is 0 Å². The Balaban J connectivity index is 0.000000276. The van der Waals surface area contributed by atoms with Crippen LogP contribution < -0.4 is 15.0 Å². The summed E-state index contributed by atoms with van der Waals surface area (Å²) < 4.78 is 38.2. The highest BCUT2D eigenvalue weighted by Crippen LogP contribution is 2.08. The number of rotatable bonds is 3. The number of nitrogens with one attached hydrogen (secondary N) is 1. The third-order valence-corrected chi connectivity index (χ3v) is 2.63. The van der Waals surface area contributed by atoms with E-state index in [4.69, 9.17) is 19.3 Å². The van der Waals surface area contributed by atoms with Crippen molar-refractivity contribution in [3.63, 3.8) is 0 Å². The van der Waals surface area contributed by atoms with Gasteiger partial charge in [0.2, 0.25) is 0 Å². The first-order chi connectivity index (χ1) is 9.40. The number of morpholine rings is 1. The Kier molecular flexibility index (Phi) is 6.92. The maximum atomic E-state index is 10.3. The molecule has 1 fully saturated rings. The minimum atomic E-state index is -4.66. The molecule has 1 aliphatic rings. The lowest BCUT2D eigenvalue weighted by molar-refractivity contribution is 0.109. The van der Waals surface area contributed by atoms with E-state index in [1.165, 1.54) is 24.3 Å². The summed E-state index contributed by atoms with van der Waals surface area (Å²) in [6, 6.07) is 5.33. The fraction of sp³-hybridized carbons (Fsp3) is 0.400. The summed E-state index contributed by atoms with van der Waals surface area (Å²) in [6.45, 7) is 3.83. The van der Waals surface area contributed by atoms with Gasteiger partial charge in [0.05, 0.1) is 13.2 Å². The maximum Gasteiger partial charge on any atom is 0.492 e. The van der Waals surface area contributed by atoms with Crippen LogP contribution >= 0.6 is 0 Å². The second-order valence-electron chi connectivity index (χ2n) is 3.78. The van der Waals surface area contributed by atoms with Crippen molar-refractivity contribution in [2.45, 2.75) is 0 Å². The topological polar surface area (TPSA) is 125 Å². The Morgan fingerprint density at radius 1 is 1.20 bits per heavy atom. The van der Waals surface area contributed by atoms with Gasteiger partial charge in [-0.3, -0.25) is 4.55 Å². The van der Waals surface area contributed by atoms with Gasteiger partial charge in [0, 0.05) is 18.6 Å². The summed E-state index contributed by atoms with van der Waals surface area (Å²) in [5, 5.41) is 20.8. The lowest BCUT2D eigenvalue weighted by atomic mass is 9.80. The van der Waals surface area contributed by atoms with Crippen molar-refractivity contribution in [1.82, 2.24) is 5.32 Å². The Morgan fingerprint density at radius 2 is 1.80 bits per heavy atom. The standard InChI is InChI=1S/C6H7BO6S.C4H9NO/c8-7(9)5-3-1-2-4-6(5)13-14(10,11)12;1-3-6-4-2-5-1/h1-4,8-9H,(H,10,11,12);5H,1-4H2. The first-order valence-corrected chi connectivity index (χ1v) is 7.17. The van der Waals surface area contributed by atoms with E-state index in [0.717, 1.165) is 26.3 Å². The van der Waals surface area contributed by atoms with Gasteiger partial charge in [-0.15, -0.1) is 0 Å². The van der Waals surface area contributed by atoms with E-state index in [0.29, 0.717) is 0 Å². The zero-order valence-corrected chi connectivity index (χ0v) is 11.4. The first kappa shape index (κ1) is 16.9. The molecule has 0 saturated carbocycles. The highest BCUT2D eigenvalue weighted by molar-refractivity contribution is 7.81. The van der Waals surface area contributed by atoms with Gasteiger partial charge in [0.25, 0.3) is 0 Å². The Morgan fingerprint density at radius 3 is 2.20 bits per heavy atom. The number of hydrogen-bond donors (Lipinski definition) is 4. The molecule has 1 saturated heterocycles. The first-order valence-electron chi connectivity index (χ1n) is 5.80. The molecule has 1 aliphatic heterocycles. The van der Waals surface area contributed by atoms with Crippen molar-refractivity contribution >= 4 is 23.0 Å². The average molecular weight is 305 g/mol. The third-order valence-electron chi connectivity index (χ3n) is 2.24. The Hall–Kier alpha value is -1.17. The molecule has 0 aromatic heterocycles. The molecular weight excluding hydrogens is 289 g/mol. The van der Waals surface area contributed by atoms with Crippen molar-refractivity contribution in [3.8, 4) is 5.75 Å². The van der Waals surface area contributed by atoms with Crippen LogP contribution in [-0.4, -0.2) is 56.4 Å². The fourth-order valence-corrected chi connectivity index (χ4v) is 1.78. The van der Waals surface area contributed by atoms with Crippen molar-refractivity contribution < 1.29 is 31.9 Å². The molecule has 1 aromatic carbocycles. The predicted molar refractivity (Wildman–Crippen MR) is 72.1 cm³/mol. The minimum Gasteiger partial charge on any atom is -0.423 e. The Bertz CT molecular complexity index is 493. The van der Waals surface area contributed by atoms with E-state index in [2.05, 4.69) is 9.50 Å². The predicted octanol–water partition coefficient (Wildman–Crippen LogP) is -1.85. The van der Waals surface area contributed by atoms with Crippen molar-refractivity contribution in [2.75, 3.05) is 26.3 Å². The minimum absolute atomic E-state index is 0.148. The number of benzene rings is 1. The van der Waals surface area contributed by atoms with Crippen molar-refractivity contribution in [3.05, 3.63) is 24.3 Å². The molecule has 0 radical (unpaired) electrons. The van der Waals surface area contributed by atoms with E-state index in [1.807, 2.05) is 0 Å². The van der Waals surface area contributed by atoms with Gasteiger partial charge in [0.1, 0.15) is 5.75 Å². The van der Waals surface area contributed by atoms with Gasteiger partial charge in [-0.1, -0.05) is 18.2 Å². The molecule has 2 rings (SSSR count). The SMILES string of the molecule is C1COCCN1.O=S(=O)(O)Oc1ccccc1B(O)O. The Labute approximate surface area is 117 Å². The summed E-state index contributed by atoms with van der Waals surface area (Å²) in [5.41, 5.74) is -0.148. The lowest BCUT2D eigenvalue weighted by Gasteiger charge is -2.10. The summed E-state index contributed by atoms with van der Waals surface area (Å²) >= 11 is 0. The van der Waals surface area contributed by atoms with Crippen LogP contribution in [0.3, 0.4) is 0 Å². The van der Waals surface area contributed by atoms with Gasteiger partial charge < -0.3 is 24.3 Å². The largest absolute Gasteiger partial charge is 0.492 e. The highest BCUT2D eigenvalue weighted by atomic mass is 32.3. The summed E-state index contributed by atoms with van der Waals surface area (Å²) in [7, 11) is -6.52. The van der Waals surface area contributed by atoms with E-state index in [-0.39, 0.29) is 11.2 Å². The molecule has 0 atom stereocenters. The summed E-state index contributed by atoms with van der Waals surface area (Å²) in [5.74, 6) is -0.329. The van der Waals surface area contributed by atoms with Gasteiger partial charge in [-0.25, -0.2) is 0 Å². The molecule has 112 valence electrons. The zero-order chi connectivity index (χ0) is 15.0. The number of ether oxygens (including phenoxy) is 1. The molecule has 0 bridgehead atoms. The van der Waals surface area contributed by atoms with Gasteiger partial charge >= 0.3 is 17.5 Å². The normalized spacial score (nSPS) is 14.9. The maximum absolute atomic E-state index is 10.3. The molecule has 20 heavy (non-hydrogen) atoms. The molecular formula is C10H16BNO7S. The van der Waals surface area contributed by atoms with Gasteiger partial charge in [0.15, 0.2) is 0 Å². The second kappa shape index (κ2) is 8.20. The fourth-order valence-electron chi connectivity index (χ4n) is 1.40. The molecule has 0 spiro atoms. The van der Waals surface area contributed by atoms with E-state index in [1.54, 1.807) is 0 Å². The van der Waals surface area contributed by atoms with Crippen LogP contribution in [0.15, 0.2) is 24.3 Å². The quantitative estimate of drug-likeness (QED) is 0.379. The molecule has 0 amide bonds. The van der Waals surface area contributed by atoms with Crippen LogP contribution in [0.2, 0.25) is 0 Å². The van der Waals surface area contributed by atoms with Gasteiger partial charge in [-0.2, -0.15) is 8.42 Å². The molecule has 0 aliphatic carbocycles. The van der Waals surface area contributed by atoms with Crippen LogP contribution in [0.4, 0.5) is 0 Å². The zero-order valence-electron chi connectivity index (χ0n) is 10.6. The van der Waals surface area contributed by atoms with Crippen LogP contribution in [0.25, 0.3) is 0 Å². The molecule has 8 nitrogen and oxygen atoms in total. The highest BCUT2D eigenvalue weighted by Gasteiger charge is 2.19. The summed E-state index contributed by atoms with van der Waals surface area (Å²) in [4.78, 5) is 0. The van der Waals surface area contributed by atoms with Gasteiger partial charge in [-0.05, 0) is 6.07 Å². The number of para-hydroxylation sites is 1. The number of hydrogen-bond acceptors (Lipinski definition) is 7. The molecule has 0 unspecified atom stereocenters. The molecule has 4 N–H and O–H groups in total. The van der Waals surface area contributed by atoms with Crippen LogP contribution in [0, 0.1) is 0 Å². The lowest BCUT2D eigenvalue weighted by Crippen LogP contribution is -2.32. The average Bonchev–Trinajstić information content (AvgIpc) is 2.40. The molecule has 1 aromatic rings. The smallest absolute Gasteiger partial charge is 0.423 e. The van der Waals surface area contributed by atoms with E-state index in [9.17, 15) is 8.42 Å². The van der Waals surface area contributed by atoms with E-state index >= 15 is 0 Å². The van der Waals surface area contributed by atoms with Crippen molar-refractivity contribution in [1.29, 1.82) is 0 Å². The monoisotopic (exact) mass is 305 g/mol. The summed E-state index contributed by atoms with van der Waals surface area (Å²) in [6.07, 6.45) is 0. The van der Waals surface area contributed by atoms with Crippen LogP contribution in [0.5, 0.6) is 5.75 Å².